The topological polar surface area (TPSA) is 140 Å². The van der Waals surface area contributed by atoms with Crippen LogP contribution in [0.25, 0.3) is 0 Å². The quantitative estimate of drug-likeness (QED) is 0.0315. The molecule has 0 amide bonds. The first kappa shape index (κ1) is 63.2. The lowest BCUT2D eigenvalue weighted by Crippen LogP contribution is -3.00. The second-order valence-electron chi connectivity index (χ2n) is 19.9. The summed E-state index contributed by atoms with van der Waals surface area (Å²) in [5.74, 6) is -1.15. The maximum Gasteiger partial charge on any atom is 0.333 e. The Labute approximate surface area is 495 Å². The van der Waals surface area contributed by atoms with Crippen molar-refractivity contribution in [1.82, 2.24) is 4.90 Å². The fourth-order valence-electron chi connectivity index (χ4n) is 10.3. The molecule has 6 heterocycles. The number of ether oxygens (including phenoxy) is 3. The van der Waals surface area contributed by atoms with Gasteiger partial charge in [-0.3, -0.25) is 19.3 Å². The van der Waals surface area contributed by atoms with E-state index in [4.69, 9.17) is 32.7 Å². The molecule has 6 aliphatic heterocycles. The summed E-state index contributed by atoms with van der Waals surface area (Å²) in [4.78, 5) is 62.8. The van der Waals surface area contributed by atoms with Gasteiger partial charge in [-0.15, -0.1) is 0 Å². The highest BCUT2D eigenvalue weighted by Crippen LogP contribution is 2.37. The van der Waals surface area contributed by atoms with Crippen LogP contribution < -0.4 is 27.6 Å². The number of ketones is 2. The van der Waals surface area contributed by atoms with Crippen molar-refractivity contribution in [3.8, 4) is 0 Å². The van der Waals surface area contributed by atoms with Crippen molar-refractivity contribution in [2.24, 2.45) is 11.8 Å². The van der Waals surface area contributed by atoms with Crippen LogP contribution in [0.15, 0.2) is 158 Å². The average Bonchev–Trinajstić information content (AvgIpc) is 3.56. The van der Waals surface area contributed by atoms with Gasteiger partial charge in [0.2, 0.25) is 5.78 Å². The summed E-state index contributed by atoms with van der Waals surface area (Å²) in [5, 5.41) is 6.80. The molecule has 0 aromatic heterocycles. The first-order valence-electron chi connectivity index (χ1n) is 26.5. The van der Waals surface area contributed by atoms with Gasteiger partial charge in [0.1, 0.15) is 30.8 Å². The Morgan fingerprint density at radius 3 is 1.44 bits per heavy atom. The van der Waals surface area contributed by atoms with E-state index in [-0.39, 0.29) is 86.5 Å². The van der Waals surface area contributed by atoms with Crippen molar-refractivity contribution in [1.29, 1.82) is 0 Å². The van der Waals surface area contributed by atoms with Crippen LogP contribution in [0.2, 0.25) is 10.0 Å². The number of anilines is 2. The predicted octanol–water partition coefficient (Wildman–Crippen LogP) is 9.77. The molecular weight excluding hydrogens is 1200 g/mol. The summed E-state index contributed by atoms with van der Waals surface area (Å²) in [7, 11) is 0. The Kier molecular flexibility index (Phi) is 24.7. The molecule has 0 aliphatic carbocycles. The molecule has 6 aliphatic rings. The van der Waals surface area contributed by atoms with E-state index in [0.29, 0.717) is 34.7 Å². The normalized spacial score (nSPS) is 20.8. The molecule has 0 saturated carbocycles. The van der Waals surface area contributed by atoms with Crippen LogP contribution in [0.5, 0.6) is 0 Å². The molecule has 6 aromatic rings. The number of quaternary nitrogens is 1. The maximum atomic E-state index is 13.6. The SMILES string of the molecule is CCOC(C)=O.O=C(CBr)c1ccc(F)c(Cl)c1.O=C(C[N+]12CCC(CC1)[C@@H](OC(=O)[C@H](Nc1ccccc1)c1ccccc1)C2)c1ccc(F)c(Cl)c1.O=C(O[C@H]1CN2CCC1CC2)[C@H](Nc1ccccc1)c1ccccc1.[Br-]. The second kappa shape index (κ2) is 31.3. The van der Waals surface area contributed by atoms with Crippen molar-refractivity contribution in [2.75, 3.05) is 68.4 Å². The maximum absolute atomic E-state index is 13.6. The van der Waals surface area contributed by atoms with Gasteiger partial charge in [-0.2, -0.15) is 0 Å². The summed E-state index contributed by atoms with van der Waals surface area (Å²) in [5.41, 5.74) is 4.34. The third kappa shape index (κ3) is 18.3. The van der Waals surface area contributed by atoms with Gasteiger partial charge in [-0.05, 0) is 111 Å². The first-order valence-corrected chi connectivity index (χ1v) is 28.4. The van der Waals surface area contributed by atoms with E-state index in [9.17, 15) is 32.8 Å². The first-order chi connectivity index (χ1) is 38.1. The highest BCUT2D eigenvalue weighted by molar-refractivity contribution is 9.09. The number of halogens is 6. The molecule has 18 heteroatoms. The van der Waals surface area contributed by atoms with E-state index in [1.54, 1.807) is 6.92 Å². The van der Waals surface area contributed by atoms with Crippen molar-refractivity contribution in [3.05, 3.63) is 202 Å². The van der Waals surface area contributed by atoms with Gasteiger partial charge in [0, 0.05) is 54.7 Å². The lowest BCUT2D eigenvalue weighted by atomic mass is 9.82. The third-order valence-electron chi connectivity index (χ3n) is 14.5. The van der Waals surface area contributed by atoms with Crippen molar-refractivity contribution in [2.45, 2.75) is 63.8 Å². The Morgan fingerprint density at radius 2 is 1.05 bits per heavy atom. The number of nitrogens with one attached hydrogen (secondary N) is 2. The number of Topliss-reactive ketones (excluding diaryl/α,β-unsaturated/α-hetero) is 2. The molecule has 6 saturated heterocycles. The smallest absolute Gasteiger partial charge is 0.333 e. The van der Waals surface area contributed by atoms with Gasteiger partial charge < -0.3 is 46.3 Å². The fraction of sp³-hybridized carbons (Fsp3) is 0.339. The van der Waals surface area contributed by atoms with Crippen LogP contribution in [-0.2, 0) is 28.6 Å². The van der Waals surface area contributed by atoms with E-state index in [1.807, 2.05) is 121 Å². The molecule has 0 unspecified atom stereocenters. The third-order valence-corrected chi connectivity index (χ3v) is 15.6. The minimum Gasteiger partial charge on any atom is -1.00 e. The number of piperidine rings is 6. The molecular formula is C62H66Br2Cl2F2N4O8. The summed E-state index contributed by atoms with van der Waals surface area (Å²) in [6.07, 6.45) is 3.85. The largest absolute Gasteiger partial charge is 1.00 e. The Hall–Kier alpha value is -6.01. The summed E-state index contributed by atoms with van der Waals surface area (Å²) in [6.45, 7) is 9.43. The Bertz CT molecular complexity index is 2960. The zero-order valence-corrected chi connectivity index (χ0v) is 49.3. The zero-order valence-electron chi connectivity index (χ0n) is 44.6. The Balaban J connectivity index is 0.000000202. The van der Waals surface area contributed by atoms with Crippen molar-refractivity contribution in [3.63, 3.8) is 0 Å². The van der Waals surface area contributed by atoms with Crippen LogP contribution >= 0.6 is 39.1 Å². The lowest BCUT2D eigenvalue weighted by molar-refractivity contribution is -0.938. The van der Waals surface area contributed by atoms with Gasteiger partial charge in [-0.25, -0.2) is 18.4 Å². The minimum atomic E-state index is -0.638. The molecule has 424 valence electrons. The zero-order chi connectivity index (χ0) is 56.3. The molecule has 0 spiro atoms. The number of para-hydroxylation sites is 2. The van der Waals surface area contributed by atoms with Crippen LogP contribution in [0.4, 0.5) is 20.2 Å². The molecule has 12 rings (SSSR count). The second-order valence-corrected chi connectivity index (χ2v) is 21.3. The number of alkyl halides is 1. The summed E-state index contributed by atoms with van der Waals surface area (Å²) < 4.78 is 43.3. The highest BCUT2D eigenvalue weighted by Gasteiger charge is 2.49. The van der Waals surface area contributed by atoms with E-state index in [2.05, 4.69) is 36.2 Å². The molecule has 4 atom stereocenters. The summed E-state index contributed by atoms with van der Waals surface area (Å²) in [6, 6.07) is 45.7. The standard InChI is InChI=1S/C29H29ClFN2O3.C21H24N2O2.C8H5BrClFO.C4H8O2.BrH/c30-24-17-22(11-12-25(24)31)26(34)18-33-15-13-20(14-16-33)27(19-33)36-29(35)28(21-7-3-1-4-8-21)32-23-9-5-2-6-10-23;24-21(25-19-15-23-13-11-16(19)12-14-23)20(17-7-3-1-4-8-17)22-18-9-5-2-6-10-18;9-4-8(12)5-1-2-7(11)6(10)3-5;1-3-6-4(2)5;/h1-12,17,20,27-28,32H,13-16,18-19H2;1-10,16,19-20,22H,11-15H2;1-3H,4H2;3H2,1-2H3;1H/q+1;;;;/p-1/t20?,27-,28+,33?;19-,20+;;;/m00.../s1. The number of carbonyl (C=O) groups is 5. The fourth-order valence-corrected chi connectivity index (χ4v) is 11.0. The van der Waals surface area contributed by atoms with Gasteiger partial charge in [0.05, 0.1) is 35.1 Å². The van der Waals surface area contributed by atoms with Gasteiger partial charge in [0.25, 0.3) is 0 Å². The van der Waals surface area contributed by atoms with E-state index in [0.717, 1.165) is 80.9 Å². The molecule has 2 N–H and O–H groups in total. The van der Waals surface area contributed by atoms with Crippen molar-refractivity contribution >= 4 is 80.0 Å². The number of esters is 3. The summed E-state index contributed by atoms with van der Waals surface area (Å²) >= 11 is 14.4. The molecule has 6 fully saturated rings. The Morgan fingerprint density at radius 1 is 0.625 bits per heavy atom. The number of rotatable bonds is 16. The van der Waals surface area contributed by atoms with Crippen LogP contribution in [0.1, 0.15) is 83.5 Å². The number of hydrogen-bond donors (Lipinski definition) is 2. The van der Waals surface area contributed by atoms with E-state index in [1.165, 1.54) is 43.3 Å². The lowest BCUT2D eigenvalue weighted by Gasteiger charge is -2.51. The number of carbonyl (C=O) groups excluding carboxylic acids is 5. The van der Waals surface area contributed by atoms with Crippen molar-refractivity contribution < 1.29 is 68.4 Å². The van der Waals surface area contributed by atoms with Crippen LogP contribution in [0, 0.1) is 23.5 Å². The van der Waals surface area contributed by atoms with Gasteiger partial charge in [0.15, 0.2) is 24.0 Å². The van der Waals surface area contributed by atoms with Gasteiger partial charge >= 0.3 is 17.9 Å². The molecule has 0 radical (unpaired) electrons. The molecule has 80 heavy (non-hydrogen) atoms. The highest BCUT2D eigenvalue weighted by atomic mass is 79.9. The molecule has 12 nitrogen and oxygen atoms in total. The number of benzene rings is 6. The van der Waals surface area contributed by atoms with E-state index < -0.39 is 23.7 Å². The average molecular weight is 1260 g/mol. The number of hydrogen-bond acceptors (Lipinski definition) is 11. The minimum absolute atomic E-state index is 0. The number of fused-ring (bicyclic) bond motifs is 6. The van der Waals surface area contributed by atoms with E-state index >= 15 is 0 Å². The molecule has 6 aromatic carbocycles. The molecule has 4 bridgehead atoms. The number of nitrogens with zero attached hydrogens (tertiary/aromatic N) is 2. The predicted molar refractivity (Wildman–Crippen MR) is 307 cm³/mol. The van der Waals surface area contributed by atoms with Crippen LogP contribution in [0.3, 0.4) is 0 Å². The monoisotopic (exact) mass is 1260 g/mol. The van der Waals surface area contributed by atoms with Crippen LogP contribution in [-0.4, -0.2) is 109 Å². The van der Waals surface area contributed by atoms with Gasteiger partial charge in [-0.1, -0.05) is 136 Å².